The average molecular weight is 384 g/mol. The Morgan fingerprint density at radius 3 is 2.89 bits per heavy atom. The molecule has 0 unspecified atom stereocenters. The van der Waals surface area contributed by atoms with Gasteiger partial charge in [-0.15, -0.1) is 10.2 Å². The third-order valence-electron chi connectivity index (χ3n) is 3.80. The van der Waals surface area contributed by atoms with Gasteiger partial charge in [0.15, 0.2) is 0 Å². The number of hydrogen-bond donors (Lipinski definition) is 1. The molecule has 0 atom stereocenters. The first kappa shape index (κ1) is 18.5. The van der Waals surface area contributed by atoms with Crippen LogP contribution in [0.3, 0.4) is 0 Å². The summed E-state index contributed by atoms with van der Waals surface area (Å²) in [6, 6.07) is 9.26. The second-order valence-electron chi connectivity index (χ2n) is 5.54. The SMILES string of the molecule is COc1cccc(-c2nnc(SCC(=O)Nc3oc(C)c(C)c3C#N)o2)c1. The Bertz CT molecular complexity index is 1020. The standard InChI is InChI=1S/C18H16N4O4S/c1-10-11(2)25-17(14(10)8-19)20-15(23)9-27-18-22-21-16(26-18)12-5-4-6-13(7-12)24-3/h4-7H,9H2,1-3H3,(H,20,23). The van der Waals surface area contributed by atoms with Crippen molar-refractivity contribution in [2.24, 2.45) is 0 Å². The second kappa shape index (κ2) is 7.97. The molecule has 0 spiro atoms. The van der Waals surface area contributed by atoms with Gasteiger partial charge in [-0.2, -0.15) is 5.26 Å². The molecule has 0 saturated carbocycles. The Labute approximate surface area is 159 Å². The Hall–Kier alpha value is -3.25. The molecular weight excluding hydrogens is 368 g/mol. The number of anilines is 1. The first-order chi connectivity index (χ1) is 13.0. The van der Waals surface area contributed by atoms with E-state index in [1.54, 1.807) is 27.0 Å². The van der Waals surface area contributed by atoms with Crippen LogP contribution in [0.15, 0.2) is 38.3 Å². The van der Waals surface area contributed by atoms with Gasteiger partial charge in [-0.25, -0.2) is 0 Å². The molecule has 1 amide bonds. The number of nitrogens with zero attached hydrogens (tertiary/aromatic N) is 3. The average Bonchev–Trinajstić information content (AvgIpc) is 3.25. The minimum absolute atomic E-state index is 0.0312. The Morgan fingerprint density at radius 2 is 2.15 bits per heavy atom. The summed E-state index contributed by atoms with van der Waals surface area (Å²) in [7, 11) is 1.58. The van der Waals surface area contributed by atoms with E-state index in [4.69, 9.17) is 13.6 Å². The molecule has 0 saturated heterocycles. The number of ether oxygens (including phenoxy) is 1. The van der Waals surface area contributed by atoms with Gasteiger partial charge in [0, 0.05) is 11.1 Å². The van der Waals surface area contributed by atoms with Crippen LogP contribution in [-0.4, -0.2) is 29.0 Å². The number of carbonyl (C=O) groups is 1. The van der Waals surface area contributed by atoms with E-state index in [0.717, 1.165) is 17.3 Å². The van der Waals surface area contributed by atoms with Gasteiger partial charge in [0.25, 0.3) is 5.22 Å². The maximum Gasteiger partial charge on any atom is 0.277 e. The number of aryl methyl sites for hydroxylation is 1. The fourth-order valence-electron chi connectivity index (χ4n) is 2.28. The maximum atomic E-state index is 12.1. The van der Waals surface area contributed by atoms with Crippen LogP contribution in [0, 0.1) is 25.2 Å². The zero-order valence-electron chi connectivity index (χ0n) is 14.9. The van der Waals surface area contributed by atoms with Crippen molar-refractivity contribution >= 4 is 23.6 Å². The highest BCUT2D eigenvalue weighted by Crippen LogP contribution is 2.27. The summed E-state index contributed by atoms with van der Waals surface area (Å²) < 4.78 is 16.2. The van der Waals surface area contributed by atoms with E-state index < -0.39 is 0 Å². The molecule has 0 aliphatic carbocycles. The highest BCUT2D eigenvalue weighted by molar-refractivity contribution is 7.99. The predicted molar refractivity (Wildman–Crippen MR) is 98.5 cm³/mol. The molecule has 0 fully saturated rings. The molecule has 9 heteroatoms. The lowest BCUT2D eigenvalue weighted by Crippen LogP contribution is -2.14. The number of aromatic nitrogens is 2. The number of nitrogens with one attached hydrogen (secondary N) is 1. The Balaban J connectivity index is 1.62. The predicted octanol–water partition coefficient (Wildman–Crippen LogP) is 3.56. The first-order valence-corrected chi connectivity index (χ1v) is 8.91. The number of thioether (sulfide) groups is 1. The van der Waals surface area contributed by atoms with E-state index in [1.807, 2.05) is 24.3 Å². The van der Waals surface area contributed by atoms with Crippen LogP contribution in [0.2, 0.25) is 0 Å². The topological polar surface area (TPSA) is 114 Å². The number of amides is 1. The maximum absolute atomic E-state index is 12.1. The third-order valence-corrected chi connectivity index (χ3v) is 4.62. The minimum atomic E-state index is -0.341. The summed E-state index contributed by atoms with van der Waals surface area (Å²) in [6.45, 7) is 3.50. The molecule has 1 N–H and O–H groups in total. The molecule has 3 aromatic rings. The van der Waals surface area contributed by atoms with Gasteiger partial charge in [-0.05, 0) is 32.0 Å². The number of rotatable bonds is 6. The summed E-state index contributed by atoms with van der Waals surface area (Å²) in [5, 5.41) is 19.9. The van der Waals surface area contributed by atoms with Crippen LogP contribution in [0.4, 0.5) is 5.88 Å². The van der Waals surface area contributed by atoms with Crippen molar-refractivity contribution in [3.8, 4) is 23.3 Å². The van der Waals surface area contributed by atoms with Crippen LogP contribution in [-0.2, 0) is 4.79 Å². The van der Waals surface area contributed by atoms with Gasteiger partial charge in [-0.3, -0.25) is 10.1 Å². The molecule has 2 heterocycles. The van der Waals surface area contributed by atoms with Gasteiger partial charge in [0.1, 0.15) is 23.1 Å². The number of benzene rings is 1. The second-order valence-corrected chi connectivity index (χ2v) is 6.47. The lowest BCUT2D eigenvalue weighted by Gasteiger charge is -2.01. The molecule has 27 heavy (non-hydrogen) atoms. The van der Waals surface area contributed by atoms with Crippen LogP contribution in [0.1, 0.15) is 16.9 Å². The van der Waals surface area contributed by atoms with Gasteiger partial charge in [0.05, 0.1) is 12.9 Å². The van der Waals surface area contributed by atoms with Crippen molar-refractivity contribution in [3.63, 3.8) is 0 Å². The van der Waals surface area contributed by atoms with Crippen LogP contribution in [0.5, 0.6) is 5.75 Å². The van der Waals surface area contributed by atoms with E-state index in [1.165, 1.54) is 0 Å². The summed E-state index contributed by atoms with van der Waals surface area (Å²) in [5.41, 5.74) is 1.75. The van der Waals surface area contributed by atoms with Crippen molar-refractivity contribution in [1.82, 2.24) is 10.2 Å². The van der Waals surface area contributed by atoms with Crippen LogP contribution in [0.25, 0.3) is 11.5 Å². The zero-order valence-corrected chi connectivity index (χ0v) is 15.7. The lowest BCUT2D eigenvalue weighted by atomic mass is 10.2. The van der Waals surface area contributed by atoms with E-state index >= 15 is 0 Å². The summed E-state index contributed by atoms with van der Waals surface area (Å²) in [6.07, 6.45) is 0. The molecule has 3 rings (SSSR count). The fraction of sp³-hybridized carbons (Fsp3) is 0.222. The Morgan fingerprint density at radius 1 is 1.33 bits per heavy atom. The van der Waals surface area contributed by atoms with Crippen molar-refractivity contribution in [2.45, 2.75) is 19.1 Å². The van der Waals surface area contributed by atoms with Crippen molar-refractivity contribution in [2.75, 3.05) is 18.2 Å². The van der Waals surface area contributed by atoms with Crippen molar-refractivity contribution in [1.29, 1.82) is 5.26 Å². The van der Waals surface area contributed by atoms with E-state index in [9.17, 15) is 10.1 Å². The molecule has 0 radical (unpaired) electrons. The smallest absolute Gasteiger partial charge is 0.277 e. The summed E-state index contributed by atoms with van der Waals surface area (Å²) >= 11 is 1.09. The zero-order chi connectivity index (χ0) is 19.4. The molecule has 1 aromatic carbocycles. The normalized spacial score (nSPS) is 10.4. The van der Waals surface area contributed by atoms with Gasteiger partial charge in [0.2, 0.25) is 17.7 Å². The van der Waals surface area contributed by atoms with Gasteiger partial charge >= 0.3 is 0 Å². The molecule has 0 bridgehead atoms. The Kier molecular flexibility index (Phi) is 5.47. The van der Waals surface area contributed by atoms with Crippen molar-refractivity contribution in [3.05, 3.63) is 41.2 Å². The highest BCUT2D eigenvalue weighted by atomic mass is 32.2. The van der Waals surface area contributed by atoms with E-state index in [-0.39, 0.29) is 22.8 Å². The molecular formula is C18H16N4O4S. The largest absolute Gasteiger partial charge is 0.497 e. The molecule has 0 aliphatic rings. The number of methoxy groups -OCH3 is 1. The number of carbonyl (C=O) groups excluding carboxylic acids is 1. The molecule has 2 aromatic heterocycles. The quantitative estimate of drug-likeness (QED) is 0.642. The summed E-state index contributed by atoms with van der Waals surface area (Å²) in [5.74, 6) is 1.45. The van der Waals surface area contributed by atoms with E-state index in [0.29, 0.717) is 28.5 Å². The summed E-state index contributed by atoms with van der Waals surface area (Å²) in [4.78, 5) is 12.1. The van der Waals surface area contributed by atoms with Gasteiger partial charge in [-0.1, -0.05) is 17.8 Å². The molecule has 8 nitrogen and oxygen atoms in total. The number of furan rings is 1. The number of hydrogen-bond acceptors (Lipinski definition) is 8. The van der Waals surface area contributed by atoms with Crippen LogP contribution < -0.4 is 10.1 Å². The minimum Gasteiger partial charge on any atom is -0.497 e. The lowest BCUT2D eigenvalue weighted by molar-refractivity contribution is -0.113. The highest BCUT2D eigenvalue weighted by Gasteiger charge is 2.17. The molecule has 138 valence electrons. The van der Waals surface area contributed by atoms with Crippen molar-refractivity contribution < 1.29 is 18.4 Å². The van der Waals surface area contributed by atoms with Gasteiger partial charge < -0.3 is 13.6 Å². The number of nitriles is 1. The monoisotopic (exact) mass is 384 g/mol. The molecule has 0 aliphatic heterocycles. The first-order valence-electron chi connectivity index (χ1n) is 7.92. The fourth-order valence-corrected chi connectivity index (χ4v) is 2.84. The van der Waals surface area contributed by atoms with E-state index in [2.05, 4.69) is 15.5 Å². The van der Waals surface area contributed by atoms with Crippen LogP contribution >= 0.6 is 11.8 Å². The third kappa shape index (κ3) is 4.12.